The summed E-state index contributed by atoms with van der Waals surface area (Å²) in [5.74, 6) is 0.465. The number of anilines is 1. The fourth-order valence-electron chi connectivity index (χ4n) is 3.12. The summed E-state index contributed by atoms with van der Waals surface area (Å²) in [4.78, 5) is 12.6. The Kier molecular flexibility index (Phi) is 5.02. The number of benzene rings is 2. The first-order valence-electron chi connectivity index (χ1n) is 8.80. The molecule has 1 N–H and O–H groups in total. The minimum absolute atomic E-state index is 0.157. The SMILES string of the molecule is COc1ccc([C@@H]2Cn3nnc(C(=O)Nc4ccc(Cl)c(C)c4)c3CO2)cc1. The molecular weight excluding hydrogens is 380 g/mol. The Morgan fingerprint density at radius 3 is 2.79 bits per heavy atom. The summed E-state index contributed by atoms with van der Waals surface area (Å²) in [5, 5.41) is 11.7. The first-order chi connectivity index (χ1) is 13.5. The fraction of sp³-hybridized carbons (Fsp3) is 0.250. The second-order valence-electron chi connectivity index (χ2n) is 6.56. The van der Waals surface area contributed by atoms with Crippen LogP contribution < -0.4 is 10.1 Å². The van der Waals surface area contributed by atoms with Crippen molar-refractivity contribution in [2.24, 2.45) is 0 Å². The number of halogens is 1. The largest absolute Gasteiger partial charge is 0.497 e. The first kappa shape index (κ1) is 18.5. The second kappa shape index (κ2) is 7.61. The van der Waals surface area contributed by atoms with Gasteiger partial charge in [-0.05, 0) is 48.4 Å². The third kappa shape index (κ3) is 3.58. The van der Waals surface area contributed by atoms with Gasteiger partial charge in [0.2, 0.25) is 0 Å². The van der Waals surface area contributed by atoms with Gasteiger partial charge in [0.15, 0.2) is 5.69 Å². The smallest absolute Gasteiger partial charge is 0.278 e. The van der Waals surface area contributed by atoms with Crippen molar-refractivity contribution in [2.45, 2.75) is 26.2 Å². The third-order valence-electron chi connectivity index (χ3n) is 4.72. The number of nitrogens with one attached hydrogen (secondary N) is 1. The van der Waals surface area contributed by atoms with Gasteiger partial charge in [0, 0.05) is 10.7 Å². The number of aryl methyl sites for hydroxylation is 1. The van der Waals surface area contributed by atoms with E-state index in [4.69, 9.17) is 21.1 Å². The number of rotatable bonds is 4. The average Bonchev–Trinajstić information content (AvgIpc) is 3.14. The van der Waals surface area contributed by atoms with E-state index < -0.39 is 0 Å². The van der Waals surface area contributed by atoms with E-state index in [1.165, 1.54) is 0 Å². The molecule has 1 aliphatic rings. The summed E-state index contributed by atoms with van der Waals surface area (Å²) in [5.41, 5.74) is 3.48. The Morgan fingerprint density at radius 2 is 2.07 bits per heavy atom. The molecule has 1 aromatic heterocycles. The molecule has 8 heteroatoms. The molecule has 3 aromatic rings. The maximum atomic E-state index is 12.6. The summed E-state index contributed by atoms with van der Waals surface area (Å²) >= 11 is 6.03. The molecule has 0 radical (unpaired) electrons. The Labute approximate surface area is 167 Å². The minimum Gasteiger partial charge on any atom is -0.497 e. The predicted molar refractivity (Wildman–Crippen MR) is 105 cm³/mol. The molecule has 7 nitrogen and oxygen atoms in total. The standard InChI is InChI=1S/C20H19ClN4O3/c1-12-9-14(5-8-16(12)21)22-20(26)19-17-11-28-18(10-25(17)24-23-19)13-3-6-15(27-2)7-4-13/h3-9,18H,10-11H2,1-2H3,(H,22,26)/t18-/m0/s1. The molecule has 2 heterocycles. The van der Waals surface area contributed by atoms with Crippen LogP contribution in [0.15, 0.2) is 42.5 Å². The average molecular weight is 399 g/mol. The molecule has 2 aromatic carbocycles. The van der Waals surface area contributed by atoms with Crippen LogP contribution in [0.4, 0.5) is 5.69 Å². The van der Waals surface area contributed by atoms with Crippen molar-refractivity contribution in [2.75, 3.05) is 12.4 Å². The number of carbonyl (C=O) groups excluding carboxylic acids is 1. The number of carbonyl (C=O) groups is 1. The first-order valence-corrected chi connectivity index (χ1v) is 9.18. The highest BCUT2D eigenvalue weighted by atomic mass is 35.5. The molecule has 144 valence electrons. The molecule has 4 rings (SSSR count). The number of fused-ring (bicyclic) bond motifs is 1. The molecule has 0 saturated heterocycles. The highest BCUT2D eigenvalue weighted by molar-refractivity contribution is 6.31. The molecule has 0 unspecified atom stereocenters. The lowest BCUT2D eigenvalue weighted by Gasteiger charge is -2.24. The number of aromatic nitrogens is 3. The van der Waals surface area contributed by atoms with E-state index in [1.807, 2.05) is 37.3 Å². The molecule has 0 fully saturated rings. The summed E-state index contributed by atoms with van der Waals surface area (Å²) < 4.78 is 12.9. The summed E-state index contributed by atoms with van der Waals surface area (Å²) in [6.45, 7) is 2.62. The molecule has 1 amide bonds. The Balaban J connectivity index is 1.49. The lowest BCUT2D eigenvalue weighted by molar-refractivity contribution is -0.00173. The highest BCUT2D eigenvalue weighted by Crippen LogP contribution is 2.28. The van der Waals surface area contributed by atoms with E-state index in [1.54, 1.807) is 23.9 Å². The Morgan fingerprint density at radius 1 is 1.29 bits per heavy atom. The maximum Gasteiger partial charge on any atom is 0.278 e. The zero-order chi connectivity index (χ0) is 19.7. The van der Waals surface area contributed by atoms with Crippen molar-refractivity contribution in [3.05, 3.63) is 70.0 Å². The maximum absolute atomic E-state index is 12.6. The van der Waals surface area contributed by atoms with Crippen molar-refractivity contribution in [1.82, 2.24) is 15.0 Å². The van der Waals surface area contributed by atoms with Crippen LogP contribution in [0.3, 0.4) is 0 Å². The van der Waals surface area contributed by atoms with Crippen LogP contribution in [-0.4, -0.2) is 28.0 Å². The van der Waals surface area contributed by atoms with E-state index in [-0.39, 0.29) is 24.3 Å². The van der Waals surface area contributed by atoms with Gasteiger partial charge in [0.05, 0.1) is 26.0 Å². The number of hydrogen-bond acceptors (Lipinski definition) is 5. The molecule has 0 aliphatic carbocycles. The molecular formula is C20H19ClN4O3. The zero-order valence-corrected chi connectivity index (χ0v) is 16.2. The van der Waals surface area contributed by atoms with E-state index in [0.717, 1.165) is 16.9 Å². The number of ether oxygens (including phenoxy) is 2. The molecule has 28 heavy (non-hydrogen) atoms. The Bertz CT molecular complexity index is 1020. The second-order valence-corrected chi connectivity index (χ2v) is 6.96. The van der Waals surface area contributed by atoms with E-state index in [0.29, 0.717) is 22.9 Å². The normalized spacial score (nSPS) is 15.8. The molecule has 0 spiro atoms. The quantitative estimate of drug-likeness (QED) is 0.723. The van der Waals surface area contributed by atoms with Gasteiger partial charge in [-0.3, -0.25) is 4.79 Å². The van der Waals surface area contributed by atoms with Crippen molar-refractivity contribution >= 4 is 23.2 Å². The highest BCUT2D eigenvalue weighted by Gasteiger charge is 2.27. The third-order valence-corrected chi connectivity index (χ3v) is 5.14. The monoisotopic (exact) mass is 398 g/mol. The van der Waals surface area contributed by atoms with Gasteiger partial charge >= 0.3 is 0 Å². The summed E-state index contributed by atoms with van der Waals surface area (Å²) in [6.07, 6.45) is -0.157. The number of methoxy groups -OCH3 is 1. The van der Waals surface area contributed by atoms with Crippen LogP contribution in [0.25, 0.3) is 0 Å². The van der Waals surface area contributed by atoms with Crippen LogP contribution in [0.5, 0.6) is 5.75 Å². The zero-order valence-electron chi connectivity index (χ0n) is 15.5. The van der Waals surface area contributed by atoms with Crippen molar-refractivity contribution < 1.29 is 14.3 Å². The molecule has 0 bridgehead atoms. The predicted octanol–water partition coefficient (Wildman–Crippen LogP) is 3.77. The van der Waals surface area contributed by atoms with Crippen LogP contribution in [0.1, 0.15) is 33.4 Å². The van der Waals surface area contributed by atoms with Crippen LogP contribution in [0.2, 0.25) is 5.02 Å². The van der Waals surface area contributed by atoms with E-state index >= 15 is 0 Å². The lowest BCUT2D eigenvalue weighted by atomic mass is 10.1. The van der Waals surface area contributed by atoms with Crippen LogP contribution in [0, 0.1) is 6.92 Å². The van der Waals surface area contributed by atoms with Gasteiger partial charge < -0.3 is 14.8 Å². The van der Waals surface area contributed by atoms with Crippen molar-refractivity contribution in [1.29, 1.82) is 0 Å². The van der Waals surface area contributed by atoms with Gasteiger partial charge in [-0.2, -0.15) is 0 Å². The van der Waals surface area contributed by atoms with Gasteiger partial charge in [-0.25, -0.2) is 4.68 Å². The van der Waals surface area contributed by atoms with Gasteiger partial charge in [0.1, 0.15) is 11.9 Å². The molecule has 1 aliphatic heterocycles. The topological polar surface area (TPSA) is 78.3 Å². The van der Waals surface area contributed by atoms with Gasteiger partial charge in [-0.15, -0.1) is 5.10 Å². The fourth-order valence-corrected chi connectivity index (χ4v) is 3.24. The van der Waals surface area contributed by atoms with Crippen LogP contribution in [-0.2, 0) is 17.9 Å². The van der Waals surface area contributed by atoms with E-state index in [9.17, 15) is 4.79 Å². The number of amides is 1. The van der Waals surface area contributed by atoms with Crippen molar-refractivity contribution in [3.8, 4) is 5.75 Å². The summed E-state index contributed by atoms with van der Waals surface area (Å²) in [6, 6.07) is 13.0. The Hall–Kier alpha value is -2.90. The van der Waals surface area contributed by atoms with E-state index in [2.05, 4.69) is 15.6 Å². The number of hydrogen-bond donors (Lipinski definition) is 1. The van der Waals surface area contributed by atoms with Gasteiger partial charge in [0.25, 0.3) is 5.91 Å². The summed E-state index contributed by atoms with van der Waals surface area (Å²) in [7, 11) is 1.63. The van der Waals surface area contributed by atoms with Gasteiger partial charge in [-0.1, -0.05) is 28.9 Å². The molecule has 1 atom stereocenters. The van der Waals surface area contributed by atoms with Crippen molar-refractivity contribution in [3.63, 3.8) is 0 Å². The number of nitrogens with zero attached hydrogens (tertiary/aromatic N) is 3. The van der Waals surface area contributed by atoms with Crippen LogP contribution >= 0.6 is 11.6 Å². The molecule has 0 saturated carbocycles. The minimum atomic E-state index is -0.325. The lowest BCUT2D eigenvalue weighted by Crippen LogP contribution is -2.24.